The maximum absolute atomic E-state index is 12.2. The number of aliphatic carboxylic acids is 1. The number of nitrogens with zero attached hydrogens (tertiary/aromatic N) is 2. The van der Waals surface area contributed by atoms with E-state index in [9.17, 15) is 14.7 Å². The minimum atomic E-state index is -0.831. The molecule has 0 saturated carbocycles. The number of thioether (sulfide) groups is 1. The summed E-state index contributed by atoms with van der Waals surface area (Å²) < 4.78 is 0. The van der Waals surface area contributed by atoms with Crippen molar-refractivity contribution in [2.45, 2.75) is 25.3 Å². The molecule has 0 aromatic heterocycles. The Morgan fingerprint density at radius 1 is 1.58 bits per heavy atom. The maximum Gasteiger partial charge on any atom is 0.321 e. The van der Waals surface area contributed by atoms with Crippen LogP contribution in [0.2, 0.25) is 0 Å². The minimum absolute atomic E-state index is 0.00806. The van der Waals surface area contributed by atoms with E-state index in [1.807, 2.05) is 0 Å². The molecule has 1 heterocycles. The van der Waals surface area contributed by atoms with Crippen LogP contribution in [-0.4, -0.2) is 64.5 Å². The number of likely N-dealkylation sites (N-methyl/N-ethyl adjacent to an activating group) is 1. The van der Waals surface area contributed by atoms with Crippen LogP contribution in [0.25, 0.3) is 0 Å². The number of amides is 1. The number of rotatable bonds is 4. The van der Waals surface area contributed by atoms with Gasteiger partial charge in [-0.25, -0.2) is 0 Å². The van der Waals surface area contributed by atoms with Gasteiger partial charge in [-0.05, 0) is 19.3 Å². The van der Waals surface area contributed by atoms with Gasteiger partial charge in [0.15, 0.2) is 0 Å². The predicted molar refractivity (Wildman–Crippen MR) is 75.0 cm³/mol. The van der Waals surface area contributed by atoms with Gasteiger partial charge >= 0.3 is 5.97 Å². The SMILES string of the molecule is CN(C(=O)CN1CCSCC1C(=O)O)C1=CCCC1. The van der Waals surface area contributed by atoms with Gasteiger partial charge < -0.3 is 10.0 Å². The third-order valence-corrected chi connectivity index (χ3v) is 4.71. The van der Waals surface area contributed by atoms with Crippen molar-refractivity contribution in [2.24, 2.45) is 0 Å². The van der Waals surface area contributed by atoms with Gasteiger partial charge in [0.25, 0.3) is 0 Å². The third-order valence-electron chi connectivity index (χ3n) is 3.68. The average Bonchev–Trinajstić information content (AvgIpc) is 2.92. The zero-order valence-corrected chi connectivity index (χ0v) is 12.0. The fraction of sp³-hybridized carbons (Fsp3) is 0.692. The van der Waals surface area contributed by atoms with E-state index in [0.717, 1.165) is 30.7 Å². The quantitative estimate of drug-likeness (QED) is 0.835. The molecule has 2 aliphatic rings. The molecule has 1 aliphatic carbocycles. The lowest BCUT2D eigenvalue weighted by Crippen LogP contribution is -2.51. The Labute approximate surface area is 117 Å². The van der Waals surface area contributed by atoms with E-state index in [4.69, 9.17) is 0 Å². The van der Waals surface area contributed by atoms with Crippen LogP contribution in [0.1, 0.15) is 19.3 Å². The number of allylic oxidation sites excluding steroid dienone is 2. The summed E-state index contributed by atoms with van der Waals surface area (Å²) in [4.78, 5) is 26.9. The van der Waals surface area contributed by atoms with E-state index in [1.165, 1.54) is 0 Å². The number of carboxylic acids is 1. The summed E-state index contributed by atoms with van der Waals surface area (Å²) in [5, 5.41) is 9.18. The van der Waals surface area contributed by atoms with Gasteiger partial charge in [0, 0.05) is 30.8 Å². The molecule has 5 nitrogen and oxygen atoms in total. The molecule has 1 saturated heterocycles. The van der Waals surface area contributed by atoms with Crippen molar-refractivity contribution in [3.63, 3.8) is 0 Å². The molecule has 1 aliphatic heterocycles. The molecule has 0 aromatic rings. The van der Waals surface area contributed by atoms with Crippen molar-refractivity contribution in [2.75, 3.05) is 31.6 Å². The Morgan fingerprint density at radius 3 is 3.00 bits per heavy atom. The molecule has 1 amide bonds. The highest BCUT2D eigenvalue weighted by atomic mass is 32.2. The van der Waals surface area contributed by atoms with E-state index in [2.05, 4.69) is 6.08 Å². The highest BCUT2D eigenvalue weighted by molar-refractivity contribution is 7.99. The zero-order chi connectivity index (χ0) is 13.8. The first-order valence-corrected chi connectivity index (χ1v) is 7.75. The van der Waals surface area contributed by atoms with E-state index in [0.29, 0.717) is 12.3 Å². The summed E-state index contributed by atoms with van der Waals surface area (Å²) in [6, 6.07) is -0.534. The predicted octanol–water partition coefficient (Wildman–Crippen LogP) is 1.01. The fourth-order valence-electron chi connectivity index (χ4n) is 2.45. The van der Waals surface area contributed by atoms with E-state index in [1.54, 1.807) is 28.6 Å². The van der Waals surface area contributed by atoms with Crippen LogP contribution in [0.4, 0.5) is 0 Å². The summed E-state index contributed by atoms with van der Waals surface area (Å²) in [5.41, 5.74) is 1.07. The highest BCUT2D eigenvalue weighted by Gasteiger charge is 2.31. The van der Waals surface area contributed by atoms with Gasteiger partial charge in [-0.3, -0.25) is 14.5 Å². The molecule has 1 N–H and O–H groups in total. The molecule has 0 aromatic carbocycles. The second kappa shape index (κ2) is 6.43. The summed E-state index contributed by atoms with van der Waals surface area (Å²) in [7, 11) is 1.79. The Hall–Kier alpha value is -1.01. The standard InChI is InChI=1S/C13H20N2O3S/c1-14(10-4-2-3-5-10)12(16)8-15-6-7-19-9-11(15)13(17)18/h4,11H,2-3,5-9H2,1H3,(H,17,18). The van der Waals surface area contributed by atoms with Crippen molar-refractivity contribution in [3.8, 4) is 0 Å². The maximum atomic E-state index is 12.2. The molecule has 106 valence electrons. The largest absolute Gasteiger partial charge is 0.480 e. The second-order valence-corrected chi connectivity index (χ2v) is 6.09. The Kier molecular flexibility index (Phi) is 4.87. The molecule has 1 fully saturated rings. The monoisotopic (exact) mass is 284 g/mol. The highest BCUT2D eigenvalue weighted by Crippen LogP contribution is 2.21. The first-order valence-electron chi connectivity index (χ1n) is 6.60. The molecular formula is C13H20N2O3S. The summed E-state index contributed by atoms with van der Waals surface area (Å²) in [6.07, 6.45) is 5.18. The van der Waals surface area contributed by atoms with Crippen molar-refractivity contribution >= 4 is 23.6 Å². The van der Waals surface area contributed by atoms with Gasteiger partial charge in [0.1, 0.15) is 6.04 Å². The molecule has 1 unspecified atom stereocenters. The number of hydrogen-bond donors (Lipinski definition) is 1. The Balaban J connectivity index is 1.94. The van der Waals surface area contributed by atoms with E-state index < -0.39 is 12.0 Å². The van der Waals surface area contributed by atoms with Crippen LogP contribution >= 0.6 is 11.8 Å². The fourth-order valence-corrected chi connectivity index (χ4v) is 3.56. The summed E-state index contributed by atoms with van der Waals surface area (Å²) in [5.74, 6) is 0.618. The van der Waals surface area contributed by atoms with Gasteiger partial charge in [0.05, 0.1) is 6.54 Å². The van der Waals surface area contributed by atoms with Crippen LogP contribution in [0.15, 0.2) is 11.8 Å². The van der Waals surface area contributed by atoms with Crippen molar-refractivity contribution in [1.82, 2.24) is 9.80 Å². The molecular weight excluding hydrogens is 264 g/mol. The van der Waals surface area contributed by atoms with Crippen LogP contribution in [0.5, 0.6) is 0 Å². The number of carboxylic acid groups (broad SMARTS) is 1. The normalized spacial score (nSPS) is 24.1. The van der Waals surface area contributed by atoms with Crippen molar-refractivity contribution in [1.29, 1.82) is 0 Å². The van der Waals surface area contributed by atoms with Gasteiger partial charge in [-0.2, -0.15) is 11.8 Å². The second-order valence-electron chi connectivity index (χ2n) is 4.94. The van der Waals surface area contributed by atoms with Crippen LogP contribution in [0, 0.1) is 0 Å². The van der Waals surface area contributed by atoms with Crippen molar-refractivity contribution < 1.29 is 14.7 Å². The molecule has 1 atom stereocenters. The lowest BCUT2D eigenvalue weighted by molar-refractivity contribution is -0.143. The van der Waals surface area contributed by atoms with Gasteiger partial charge in [-0.1, -0.05) is 6.08 Å². The lowest BCUT2D eigenvalue weighted by atomic mass is 10.2. The first kappa shape index (κ1) is 14.4. The molecule has 19 heavy (non-hydrogen) atoms. The minimum Gasteiger partial charge on any atom is -0.480 e. The molecule has 2 rings (SSSR count). The number of carbonyl (C=O) groups is 2. The molecule has 6 heteroatoms. The lowest BCUT2D eigenvalue weighted by Gasteiger charge is -2.33. The average molecular weight is 284 g/mol. The van der Waals surface area contributed by atoms with Crippen LogP contribution in [0.3, 0.4) is 0 Å². The van der Waals surface area contributed by atoms with Gasteiger partial charge in [0.2, 0.25) is 5.91 Å². The first-order chi connectivity index (χ1) is 9.09. The smallest absolute Gasteiger partial charge is 0.321 e. The van der Waals surface area contributed by atoms with Crippen LogP contribution in [-0.2, 0) is 9.59 Å². The molecule has 0 bridgehead atoms. The topological polar surface area (TPSA) is 60.9 Å². The Morgan fingerprint density at radius 2 is 2.37 bits per heavy atom. The zero-order valence-electron chi connectivity index (χ0n) is 11.2. The number of carbonyl (C=O) groups excluding carboxylic acids is 1. The number of hydrogen-bond acceptors (Lipinski definition) is 4. The van der Waals surface area contributed by atoms with Gasteiger partial charge in [-0.15, -0.1) is 0 Å². The third kappa shape index (κ3) is 3.51. The van der Waals surface area contributed by atoms with Crippen molar-refractivity contribution in [3.05, 3.63) is 11.8 Å². The molecule has 0 radical (unpaired) electrons. The van der Waals surface area contributed by atoms with E-state index in [-0.39, 0.29) is 12.5 Å². The Bertz CT molecular complexity index is 397. The molecule has 0 spiro atoms. The summed E-state index contributed by atoms with van der Waals surface area (Å²) in [6.45, 7) is 0.867. The summed E-state index contributed by atoms with van der Waals surface area (Å²) >= 11 is 1.64. The van der Waals surface area contributed by atoms with E-state index >= 15 is 0 Å². The van der Waals surface area contributed by atoms with Crippen LogP contribution < -0.4 is 0 Å².